The number of hydrogen-bond acceptors (Lipinski definition) is 9. The fraction of sp³-hybridized carbons (Fsp3) is 0.206. The van der Waals surface area contributed by atoms with Crippen LogP contribution in [0.2, 0.25) is 5.02 Å². The predicted molar refractivity (Wildman–Crippen MR) is 184 cm³/mol. The first kappa shape index (κ1) is 32.3. The molecule has 0 aliphatic carbocycles. The second-order valence-electron chi connectivity index (χ2n) is 10.6. The van der Waals surface area contributed by atoms with E-state index >= 15 is 0 Å². The van der Waals surface area contributed by atoms with Crippen LogP contribution in [0.15, 0.2) is 94.5 Å². The molecule has 1 aliphatic heterocycles. The molecule has 2 aromatic heterocycles. The van der Waals surface area contributed by atoms with Crippen LogP contribution in [0.25, 0.3) is 5.69 Å². The van der Waals surface area contributed by atoms with Crippen LogP contribution in [0.4, 0.5) is 0 Å². The Balaban J connectivity index is 1.23. The third-order valence-electron chi connectivity index (χ3n) is 7.58. The highest BCUT2D eigenvalue weighted by Crippen LogP contribution is 2.35. The molecular formula is C34H31ClN6O4S2. The molecular weight excluding hydrogens is 656 g/mol. The van der Waals surface area contributed by atoms with E-state index in [1.54, 1.807) is 51.2 Å². The fourth-order valence-corrected chi connectivity index (χ4v) is 6.92. The highest BCUT2D eigenvalue weighted by molar-refractivity contribution is 7.99. The lowest BCUT2D eigenvalue weighted by Gasteiger charge is -2.22. The molecule has 0 saturated heterocycles. The second-order valence-corrected chi connectivity index (χ2v) is 13.0. The highest BCUT2D eigenvalue weighted by Gasteiger charge is 2.33. The van der Waals surface area contributed by atoms with E-state index in [0.29, 0.717) is 45.2 Å². The first-order valence-electron chi connectivity index (χ1n) is 14.7. The summed E-state index contributed by atoms with van der Waals surface area (Å²) in [5.41, 5.74) is 4.16. The molecule has 0 spiro atoms. The number of rotatable bonds is 11. The van der Waals surface area contributed by atoms with Crippen molar-refractivity contribution in [1.29, 1.82) is 0 Å². The van der Waals surface area contributed by atoms with Crippen molar-refractivity contribution in [3.05, 3.63) is 117 Å². The molecule has 0 bridgehead atoms. The lowest BCUT2D eigenvalue weighted by Crippen LogP contribution is -2.28. The average Bonchev–Trinajstić information content (AvgIpc) is 3.86. The summed E-state index contributed by atoms with van der Waals surface area (Å²) in [6.07, 6.45) is 0.628. The van der Waals surface area contributed by atoms with Gasteiger partial charge < -0.3 is 14.8 Å². The quantitative estimate of drug-likeness (QED) is 0.154. The topological polar surface area (TPSA) is 111 Å². The number of aryl methyl sites for hydroxylation is 1. The molecule has 1 atom stereocenters. The molecule has 13 heteroatoms. The van der Waals surface area contributed by atoms with Crippen molar-refractivity contribution < 1.29 is 19.1 Å². The Kier molecular flexibility index (Phi) is 9.90. The lowest BCUT2D eigenvalue weighted by atomic mass is 10.00. The van der Waals surface area contributed by atoms with Gasteiger partial charge in [-0.25, -0.2) is 5.01 Å². The van der Waals surface area contributed by atoms with Crippen molar-refractivity contribution in [2.24, 2.45) is 5.10 Å². The van der Waals surface area contributed by atoms with Gasteiger partial charge in [-0.1, -0.05) is 65.3 Å². The number of halogens is 1. The Morgan fingerprint density at radius 3 is 2.53 bits per heavy atom. The molecule has 5 aromatic rings. The molecule has 6 rings (SSSR count). The number of aromatic nitrogens is 3. The maximum atomic E-state index is 13.8. The van der Waals surface area contributed by atoms with E-state index in [4.69, 9.17) is 26.2 Å². The van der Waals surface area contributed by atoms with Crippen LogP contribution in [0.5, 0.6) is 11.5 Å². The van der Waals surface area contributed by atoms with Gasteiger partial charge in [-0.05, 0) is 60.3 Å². The van der Waals surface area contributed by atoms with E-state index in [1.165, 1.54) is 26.0 Å². The first-order valence-corrected chi connectivity index (χ1v) is 16.9. The summed E-state index contributed by atoms with van der Waals surface area (Å²) in [5, 5.41) is 21.1. The van der Waals surface area contributed by atoms with E-state index in [9.17, 15) is 9.59 Å². The Morgan fingerprint density at radius 1 is 1.00 bits per heavy atom. The summed E-state index contributed by atoms with van der Waals surface area (Å²) in [7, 11) is 3.05. The molecule has 0 fully saturated rings. The Labute approximate surface area is 285 Å². The number of nitrogens with zero attached hydrogens (tertiary/aromatic N) is 5. The van der Waals surface area contributed by atoms with Gasteiger partial charge in [0.15, 0.2) is 22.5 Å². The van der Waals surface area contributed by atoms with E-state index < -0.39 is 0 Å². The third-order valence-corrected chi connectivity index (χ3v) is 9.65. The van der Waals surface area contributed by atoms with E-state index in [-0.39, 0.29) is 30.2 Å². The summed E-state index contributed by atoms with van der Waals surface area (Å²) >= 11 is 9.21. The maximum Gasteiger partial charge on any atom is 0.253 e. The first-order chi connectivity index (χ1) is 22.8. The monoisotopic (exact) mass is 686 g/mol. The molecule has 1 unspecified atom stereocenters. The molecule has 1 aliphatic rings. The van der Waals surface area contributed by atoms with Crippen LogP contribution in [-0.2, 0) is 11.3 Å². The predicted octanol–water partition coefficient (Wildman–Crippen LogP) is 6.71. The number of benzene rings is 3. The highest BCUT2D eigenvalue weighted by atomic mass is 35.5. The third kappa shape index (κ3) is 7.19. The molecule has 1 N–H and O–H groups in total. The van der Waals surface area contributed by atoms with Crippen LogP contribution < -0.4 is 14.8 Å². The summed E-state index contributed by atoms with van der Waals surface area (Å²) in [6, 6.07) is 24.2. The molecule has 0 radical (unpaired) electrons. The van der Waals surface area contributed by atoms with Crippen LogP contribution >= 0.6 is 34.7 Å². The van der Waals surface area contributed by atoms with Gasteiger partial charge in [0, 0.05) is 17.0 Å². The zero-order chi connectivity index (χ0) is 32.9. The molecule has 10 nitrogen and oxygen atoms in total. The van der Waals surface area contributed by atoms with Gasteiger partial charge in [0.2, 0.25) is 0 Å². The Morgan fingerprint density at radius 2 is 1.81 bits per heavy atom. The number of thioether (sulfide) groups is 1. The number of methoxy groups -OCH3 is 2. The largest absolute Gasteiger partial charge is 0.493 e. The van der Waals surface area contributed by atoms with Crippen LogP contribution in [0.1, 0.15) is 44.6 Å². The van der Waals surface area contributed by atoms with Crippen LogP contribution in [0.3, 0.4) is 0 Å². The van der Waals surface area contributed by atoms with Gasteiger partial charge >= 0.3 is 0 Å². The SMILES string of the molecule is COc1ccc(C(=O)NCc2nnc(SCC(=O)N3N=C(c4cccs4)CC3c3ccc(C)cc3)n2-c2cccc(Cl)c2)cc1OC. The summed E-state index contributed by atoms with van der Waals surface area (Å²) < 4.78 is 12.4. The minimum Gasteiger partial charge on any atom is -0.493 e. The molecule has 3 aromatic carbocycles. The number of carbonyl (C=O) groups excluding carboxylic acids is 2. The van der Waals surface area contributed by atoms with Gasteiger partial charge in [-0.15, -0.1) is 21.5 Å². The molecule has 240 valence electrons. The smallest absolute Gasteiger partial charge is 0.253 e. The average molecular weight is 687 g/mol. The molecule has 47 heavy (non-hydrogen) atoms. The lowest BCUT2D eigenvalue weighted by molar-refractivity contribution is -0.130. The Bertz CT molecular complexity index is 1930. The van der Waals surface area contributed by atoms with Gasteiger partial charge in [-0.3, -0.25) is 14.2 Å². The van der Waals surface area contributed by atoms with Crippen molar-refractivity contribution in [2.45, 2.75) is 31.1 Å². The summed E-state index contributed by atoms with van der Waals surface area (Å²) in [6.45, 7) is 2.11. The van der Waals surface area contributed by atoms with E-state index in [0.717, 1.165) is 21.7 Å². The molecule has 3 heterocycles. The van der Waals surface area contributed by atoms with Crippen molar-refractivity contribution in [2.75, 3.05) is 20.0 Å². The number of thiophene rings is 1. The number of ether oxygens (including phenoxy) is 2. The molecule has 2 amide bonds. The maximum absolute atomic E-state index is 13.8. The second kappa shape index (κ2) is 14.4. The Hall–Kier alpha value is -4.65. The summed E-state index contributed by atoms with van der Waals surface area (Å²) in [5.74, 6) is 1.02. The summed E-state index contributed by atoms with van der Waals surface area (Å²) in [4.78, 5) is 27.9. The van der Waals surface area contributed by atoms with Crippen molar-refractivity contribution in [3.63, 3.8) is 0 Å². The van der Waals surface area contributed by atoms with Gasteiger partial charge in [0.25, 0.3) is 11.8 Å². The van der Waals surface area contributed by atoms with Crippen molar-refractivity contribution >= 4 is 52.2 Å². The van der Waals surface area contributed by atoms with Gasteiger partial charge in [0.1, 0.15) is 0 Å². The number of hydrazone groups is 1. The van der Waals surface area contributed by atoms with Crippen LogP contribution in [-0.4, -0.2) is 57.3 Å². The number of nitrogens with one attached hydrogen (secondary N) is 1. The zero-order valence-electron chi connectivity index (χ0n) is 25.8. The van der Waals surface area contributed by atoms with Crippen molar-refractivity contribution in [3.8, 4) is 17.2 Å². The molecule has 0 saturated carbocycles. The van der Waals surface area contributed by atoms with Crippen LogP contribution in [0, 0.1) is 6.92 Å². The fourth-order valence-electron chi connectivity index (χ4n) is 5.19. The minimum absolute atomic E-state index is 0.0668. The van der Waals surface area contributed by atoms with Gasteiger partial charge in [0.05, 0.1) is 48.8 Å². The number of hydrogen-bond donors (Lipinski definition) is 1. The van der Waals surface area contributed by atoms with E-state index in [2.05, 4.69) is 39.8 Å². The van der Waals surface area contributed by atoms with Crippen molar-refractivity contribution in [1.82, 2.24) is 25.1 Å². The number of amides is 2. The number of carbonyl (C=O) groups is 2. The zero-order valence-corrected chi connectivity index (χ0v) is 28.2. The minimum atomic E-state index is -0.327. The normalized spacial score (nSPS) is 14.2. The van der Waals surface area contributed by atoms with Gasteiger partial charge in [-0.2, -0.15) is 5.10 Å². The standard InChI is InChI=1S/C34H31ClN6O4S2/c1-21-9-11-22(12-10-21)27-18-26(30-8-5-15-46-30)39-41(27)32(42)20-47-34-38-37-31(40(34)25-7-4-6-24(35)17-25)19-36-33(43)23-13-14-28(44-2)29(16-23)45-3/h4-17,27H,18-20H2,1-3H3,(H,36,43). The van der Waals surface area contributed by atoms with E-state index in [1.807, 2.05) is 36.6 Å².